The number of carboxylic acid groups (broad SMARTS) is 1. The zero-order valence-corrected chi connectivity index (χ0v) is 8.91. The number of carboxylic acids is 1. The highest BCUT2D eigenvalue weighted by Crippen LogP contribution is 2.06. The normalized spacial score (nSPS) is 11.6. The molecule has 15 heavy (non-hydrogen) atoms. The lowest BCUT2D eigenvalue weighted by atomic mass is 10.1. The molecule has 0 unspecified atom stereocenters. The fraction of sp³-hybridized carbons (Fsp3) is 0.300. The third-order valence-corrected chi connectivity index (χ3v) is 1.98. The van der Waals surface area contributed by atoms with Crippen molar-refractivity contribution in [2.75, 3.05) is 0 Å². The Bertz CT molecular complexity index is 313. The van der Waals surface area contributed by atoms with Crippen molar-refractivity contribution in [1.82, 2.24) is 0 Å². The molecule has 1 aromatic rings. The third kappa shape index (κ3) is 4.29. The lowest BCUT2D eigenvalue weighted by molar-refractivity contribution is -0.138. The lowest BCUT2D eigenvalue weighted by Gasteiger charge is -2.06. The van der Waals surface area contributed by atoms with Crippen LogP contribution in [0.2, 0.25) is 0 Å². The number of aliphatic hydroxyl groups excluding tert-OH is 1. The molecular weight excluding hydrogens is 218 g/mol. The largest absolute Gasteiger partial charge is 0.480 e. The summed E-state index contributed by atoms with van der Waals surface area (Å²) >= 11 is 0. The number of hydrogen-bond acceptors (Lipinski definition) is 3. The van der Waals surface area contributed by atoms with Gasteiger partial charge in [-0.1, -0.05) is 24.3 Å². The molecule has 0 aromatic heterocycles. The molecule has 0 spiro atoms. The van der Waals surface area contributed by atoms with Crippen molar-refractivity contribution in [2.45, 2.75) is 19.1 Å². The van der Waals surface area contributed by atoms with Crippen LogP contribution in [0.15, 0.2) is 24.3 Å². The first kappa shape index (κ1) is 13.9. The highest BCUT2D eigenvalue weighted by Gasteiger charge is 2.11. The van der Waals surface area contributed by atoms with Crippen molar-refractivity contribution >= 4 is 18.4 Å². The van der Waals surface area contributed by atoms with Crippen LogP contribution in [0.3, 0.4) is 0 Å². The summed E-state index contributed by atoms with van der Waals surface area (Å²) in [4.78, 5) is 10.5. The second kappa shape index (κ2) is 6.40. The number of nitrogens with two attached hydrogens (primary N) is 1. The van der Waals surface area contributed by atoms with E-state index in [0.717, 1.165) is 11.1 Å². The van der Waals surface area contributed by atoms with Crippen LogP contribution in [-0.4, -0.2) is 22.2 Å². The second-order valence-corrected chi connectivity index (χ2v) is 3.12. The van der Waals surface area contributed by atoms with E-state index in [0.29, 0.717) is 6.42 Å². The minimum Gasteiger partial charge on any atom is -0.480 e. The Hall–Kier alpha value is -1.10. The molecule has 1 aromatic carbocycles. The van der Waals surface area contributed by atoms with Gasteiger partial charge in [0, 0.05) is 0 Å². The van der Waals surface area contributed by atoms with Crippen LogP contribution >= 0.6 is 12.4 Å². The van der Waals surface area contributed by atoms with Crippen LogP contribution in [-0.2, 0) is 17.8 Å². The van der Waals surface area contributed by atoms with Crippen molar-refractivity contribution < 1.29 is 15.0 Å². The Morgan fingerprint density at radius 1 is 1.27 bits per heavy atom. The maximum Gasteiger partial charge on any atom is 0.320 e. The summed E-state index contributed by atoms with van der Waals surface area (Å²) in [7, 11) is 0. The van der Waals surface area contributed by atoms with Crippen molar-refractivity contribution in [3.05, 3.63) is 35.4 Å². The highest BCUT2D eigenvalue weighted by molar-refractivity contribution is 5.85. The van der Waals surface area contributed by atoms with E-state index in [9.17, 15) is 4.79 Å². The topological polar surface area (TPSA) is 83.5 Å². The summed E-state index contributed by atoms with van der Waals surface area (Å²) in [6.07, 6.45) is 0.307. The van der Waals surface area contributed by atoms with E-state index in [1.807, 2.05) is 0 Å². The first-order valence-corrected chi connectivity index (χ1v) is 4.30. The number of hydrogen-bond donors (Lipinski definition) is 3. The van der Waals surface area contributed by atoms with Gasteiger partial charge in [-0.05, 0) is 17.5 Å². The zero-order chi connectivity index (χ0) is 10.6. The molecule has 0 aliphatic rings. The van der Waals surface area contributed by atoms with Gasteiger partial charge in [-0.15, -0.1) is 12.4 Å². The van der Waals surface area contributed by atoms with E-state index in [4.69, 9.17) is 15.9 Å². The maximum absolute atomic E-state index is 10.5. The molecule has 0 fully saturated rings. The first-order valence-electron chi connectivity index (χ1n) is 4.30. The molecule has 4 nitrogen and oxygen atoms in total. The summed E-state index contributed by atoms with van der Waals surface area (Å²) < 4.78 is 0. The van der Waals surface area contributed by atoms with E-state index in [-0.39, 0.29) is 19.0 Å². The van der Waals surface area contributed by atoms with Gasteiger partial charge in [-0.2, -0.15) is 0 Å². The Labute approximate surface area is 94.1 Å². The molecule has 0 heterocycles. The molecule has 4 N–H and O–H groups in total. The molecule has 0 amide bonds. The average molecular weight is 232 g/mol. The molecule has 5 heteroatoms. The Balaban J connectivity index is 0.00000196. The van der Waals surface area contributed by atoms with Crippen LogP contribution in [0.1, 0.15) is 11.1 Å². The van der Waals surface area contributed by atoms with E-state index in [1.54, 1.807) is 24.3 Å². The van der Waals surface area contributed by atoms with E-state index < -0.39 is 12.0 Å². The molecule has 84 valence electrons. The fourth-order valence-electron chi connectivity index (χ4n) is 1.12. The fourth-order valence-corrected chi connectivity index (χ4v) is 1.12. The molecule has 0 bridgehead atoms. The monoisotopic (exact) mass is 231 g/mol. The molecule has 0 radical (unpaired) electrons. The Morgan fingerprint density at radius 2 is 1.73 bits per heavy atom. The number of carbonyl (C=O) groups is 1. The van der Waals surface area contributed by atoms with Crippen LogP contribution in [0, 0.1) is 0 Å². The van der Waals surface area contributed by atoms with Crippen LogP contribution in [0.4, 0.5) is 0 Å². The van der Waals surface area contributed by atoms with Gasteiger partial charge >= 0.3 is 5.97 Å². The first-order chi connectivity index (χ1) is 6.63. The molecule has 0 aliphatic carbocycles. The molecule has 1 rings (SSSR count). The number of rotatable bonds is 4. The van der Waals surface area contributed by atoms with Gasteiger partial charge in [0.1, 0.15) is 6.04 Å². The van der Waals surface area contributed by atoms with Crippen LogP contribution in [0.5, 0.6) is 0 Å². The SMILES string of the molecule is Cl.N[C@@H](Cc1ccc(CO)cc1)C(=O)O. The smallest absolute Gasteiger partial charge is 0.320 e. The van der Waals surface area contributed by atoms with Crippen molar-refractivity contribution in [2.24, 2.45) is 5.73 Å². The van der Waals surface area contributed by atoms with Crippen LogP contribution < -0.4 is 5.73 Å². The number of benzene rings is 1. The minimum absolute atomic E-state index is 0. The number of aliphatic carboxylic acids is 1. The summed E-state index contributed by atoms with van der Waals surface area (Å²) in [6.45, 7) is -0.00867. The van der Waals surface area contributed by atoms with Gasteiger partial charge in [0.2, 0.25) is 0 Å². The van der Waals surface area contributed by atoms with Crippen molar-refractivity contribution in [3.63, 3.8) is 0 Å². The lowest BCUT2D eigenvalue weighted by Crippen LogP contribution is -2.32. The molecule has 1 atom stereocenters. The summed E-state index contributed by atoms with van der Waals surface area (Å²) in [5.74, 6) is -1.00. The van der Waals surface area contributed by atoms with Gasteiger partial charge in [0.25, 0.3) is 0 Å². The van der Waals surface area contributed by atoms with E-state index in [2.05, 4.69) is 0 Å². The number of halogens is 1. The number of aliphatic hydroxyl groups is 1. The molecule has 0 saturated carbocycles. The quantitative estimate of drug-likeness (QED) is 0.707. The van der Waals surface area contributed by atoms with Gasteiger partial charge in [0.05, 0.1) is 6.61 Å². The Morgan fingerprint density at radius 3 is 2.13 bits per heavy atom. The second-order valence-electron chi connectivity index (χ2n) is 3.12. The van der Waals surface area contributed by atoms with E-state index >= 15 is 0 Å². The summed E-state index contributed by atoms with van der Waals surface area (Å²) in [6, 6.07) is 6.19. The minimum atomic E-state index is -1.00. The predicted octanol–water partition coefficient (Wildman–Crippen LogP) is 0.555. The summed E-state index contributed by atoms with van der Waals surface area (Å²) in [5, 5.41) is 17.4. The van der Waals surface area contributed by atoms with Crippen molar-refractivity contribution in [3.8, 4) is 0 Å². The highest BCUT2D eigenvalue weighted by atomic mass is 35.5. The maximum atomic E-state index is 10.5. The summed E-state index contributed by atoms with van der Waals surface area (Å²) in [5.41, 5.74) is 7.03. The van der Waals surface area contributed by atoms with E-state index in [1.165, 1.54) is 0 Å². The Kier molecular flexibility index (Phi) is 5.93. The molecule has 0 aliphatic heterocycles. The van der Waals surface area contributed by atoms with Gasteiger partial charge in [-0.25, -0.2) is 0 Å². The average Bonchev–Trinajstić information content (AvgIpc) is 2.19. The third-order valence-electron chi connectivity index (χ3n) is 1.98. The van der Waals surface area contributed by atoms with Gasteiger partial charge in [0.15, 0.2) is 0 Å². The standard InChI is InChI=1S/C10H13NO3.ClH/c11-9(10(13)14)5-7-1-3-8(6-12)4-2-7;/h1-4,9,12H,5-6,11H2,(H,13,14);1H/t9-;/m0./s1. The van der Waals surface area contributed by atoms with Gasteiger partial charge in [-0.3, -0.25) is 4.79 Å². The van der Waals surface area contributed by atoms with Crippen molar-refractivity contribution in [1.29, 1.82) is 0 Å². The molecular formula is C10H14ClNO3. The van der Waals surface area contributed by atoms with Gasteiger partial charge < -0.3 is 15.9 Å². The molecule has 0 saturated heterocycles. The zero-order valence-electron chi connectivity index (χ0n) is 8.09. The predicted molar refractivity (Wildman–Crippen MR) is 58.9 cm³/mol. The van der Waals surface area contributed by atoms with Crippen LogP contribution in [0.25, 0.3) is 0 Å².